The van der Waals surface area contributed by atoms with Gasteiger partial charge in [0.05, 0.1) is 18.5 Å². The zero-order chi connectivity index (χ0) is 92.1. The van der Waals surface area contributed by atoms with Crippen molar-refractivity contribution in [1.29, 1.82) is 0 Å². The largest absolute Gasteiger partial charge is 0.451 e. The predicted molar refractivity (Wildman–Crippen MR) is 534 cm³/mol. The molecule has 10 aromatic rings. The molecule has 0 fully saturated rings. The third kappa shape index (κ3) is 17.7. The quantitative estimate of drug-likeness (QED) is 0.0392. The molecule has 8 nitrogen and oxygen atoms in total. The molecule has 123 heavy (non-hydrogen) atoms. The summed E-state index contributed by atoms with van der Waals surface area (Å²) in [4.78, 5) is 0. The van der Waals surface area contributed by atoms with Crippen LogP contribution in [0.2, 0.25) is 0 Å². The van der Waals surface area contributed by atoms with E-state index in [0.717, 1.165) is 163 Å². The van der Waals surface area contributed by atoms with E-state index in [2.05, 4.69) is 318 Å². The van der Waals surface area contributed by atoms with Gasteiger partial charge in [-0.15, -0.1) is 0 Å². The highest BCUT2D eigenvalue weighted by atomic mass is 31.2. The Morgan fingerprint density at radius 1 is 0.154 bits per heavy atom. The highest BCUT2D eigenvalue weighted by Gasteiger charge is 2.38. The minimum Gasteiger partial charge on any atom is -0.451 e. The first-order valence-electron chi connectivity index (χ1n) is 44.5. The second-order valence-corrected chi connectivity index (χ2v) is 42.3. The van der Waals surface area contributed by atoms with Gasteiger partial charge in [-0.1, -0.05) is 0 Å². The van der Waals surface area contributed by atoms with Gasteiger partial charge in [0.1, 0.15) is 46.0 Å². The first kappa shape index (κ1) is 97.5. The summed E-state index contributed by atoms with van der Waals surface area (Å²) in [5.41, 5.74) is 61.7. The van der Waals surface area contributed by atoms with E-state index < -0.39 is 31.2 Å². The van der Waals surface area contributed by atoms with Gasteiger partial charge in [0.15, 0.2) is 0 Å². The summed E-state index contributed by atoms with van der Waals surface area (Å²) in [6.07, 6.45) is 1.80. The van der Waals surface area contributed by atoms with Crippen molar-refractivity contribution in [3.8, 4) is 57.1 Å². The molecule has 0 aliphatic carbocycles. The van der Waals surface area contributed by atoms with E-state index in [4.69, 9.17) is 36.6 Å². The standard InChI is InChI=1S/C111H148O8P4/c1-51-59(9)81(31)103(82(32)60(51)10)112-111(113-104-83(33)61(11)52(2)62(12)84(104)34)120-47-97-77(27)75(25)78(28)98(48-121(114-105-85(35)63(13)53(3)64(14)86(105)36)115-106-87(37)65(15)54(4)66(16)88(106)38)101(97)102-99(49-122(116-107-89(39)67(17)55(5)68(18)90(107)40)117-108-91(41)69(19)56(6)70(20)92(108)42)79(29)76(26)80(30)100(102)50-123(118-109-93(43)71(21)57(7)72(22)94(109)44)119-110-95(45)73(23)58(8)74(24)96(110)46/h111,120H,47-50H2,1-46H3. The summed E-state index contributed by atoms with van der Waals surface area (Å²) in [5.74, 6) is 7.00. The van der Waals surface area contributed by atoms with E-state index in [1.54, 1.807) is 0 Å². The van der Waals surface area contributed by atoms with Crippen molar-refractivity contribution in [2.45, 2.75) is 349 Å². The number of ether oxygens (including phenoxy) is 2. The number of rotatable bonds is 26. The summed E-state index contributed by atoms with van der Waals surface area (Å²) in [7, 11) is -5.69. The van der Waals surface area contributed by atoms with Crippen LogP contribution in [0.5, 0.6) is 46.0 Å². The van der Waals surface area contributed by atoms with E-state index in [1.807, 2.05) is 0 Å². The maximum atomic E-state index is 8.06. The van der Waals surface area contributed by atoms with Crippen LogP contribution in [0, 0.1) is 318 Å². The lowest BCUT2D eigenvalue weighted by Gasteiger charge is -2.33. The topological polar surface area (TPSA) is 73.8 Å². The number of benzene rings is 10. The Kier molecular flexibility index (Phi) is 29.9. The van der Waals surface area contributed by atoms with Crippen LogP contribution in [-0.2, 0) is 24.6 Å². The molecular formula is C111H148O8P4. The molecule has 0 N–H and O–H groups in total. The molecular weight excluding hydrogens is 1590 g/mol. The Morgan fingerprint density at radius 3 is 0.439 bits per heavy atom. The van der Waals surface area contributed by atoms with Gasteiger partial charge in [-0.2, -0.15) is 0 Å². The van der Waals surface area contributed by atoms with E-state index in [-0.39, 0.29) is 8.58 Å². The summed E-state index contributed by atoms with van der Waals surface area (Å²) in [5, 5.41) is 0. The van der Waals surface area contributed by atoms with Crippen molar-refractivity contribution in [1.82, 2.24) is 0 Å². The van der Waals surface area contributed by atoms with Gasteiger partial charge in [-0.05, 0) is 623 Å². The van der Waals surface area contributed by atoms with Crippen molar-refractivity contribution in [2.24, 2.45) is 0 Å². The van der Waals surface area contributed by atoms with Crippen molar-refractivity contribution in [3.05, 3.63) is 278 Å². The molecule has 0 saturated heterocycles. The van der Waals surface area contributed by atoms with Gasteiger partial charge in [0.2, 0.25) is 0 Å². The molecule has 0 spiro atoms. The second kappa shape index (κ2) is 37.7. The van der Waals surface area contributed by atoms with Crippen LogP contribution in [0.1, 0.15) is 278 Å². The van der Waals surface area contributed by atoms with Crippen molar-refractivity contribution < 1.29 is 36.6 Å². The average molecular weight is 1730 g/mol. The Balaban J connectivity index is 1.44. The molecule has 10 aromatic carbocycles. The van der Waals surface area contributed by atoms with Gasteiger partial charge in [0.25, 0.3) is 31.2 Å². The zero-order valence-corrected chi connectivity index (χ0v) is 88.2. The fraction of sp³-hybridized carbons (Fsp3) is 0.459. The van der Waals surface area contributed by atoms with E-state index in [9.17, 15) is 0 Å². The average Bonchev–Trinajstić information content (AvgIpc) is 0.727. The summed E-state index contributed by atoms with van der Waals surface area (Å²) >= 11 is 0. The van der Waals surface area contributed by atoms with E-state index in [0.29, 0.717) is 24.6 Å². The van der Waals surface area contributed by atoms with Gasteiger partial charge in [0, 0.05) is 0 Å². The van der Waals surface area contributed by atoms with Crippen LogP contribution in [0.25, 0.3) is 11.1 Å². The SMILES string of the molecule is Cc1c(C)c(C)c(OC(Oc2c(C)c(C)c(C)c(C)c2C)PCc2c(C)c(C)c(C)c(CP(Oc3c(C)c(C)c(C)c(C)c3C)Oc3c(C)c(C)c(C)c(C)c3C)c2-c2c(CP(Oc3c(C)c(C)c(C)c(C)c3C)Oc3c(C)c(C)c(C)c(C)c3C)c(C)c(C)c(C)c2CP(Oc2c(C)c(C)c(C)c(C)c2C)Oc2c(C)c(C)c(C)c(C)c2C)c(C)c1C. The van der Waals surface area contributed by atoms with Crippen LogP contribution in [0.3, 0.4) is 0 Å². The molecule has 0 aliphatic heterocycles. The number of hydrogen-bond donors (Lipinski definition) is 0. The molecule has 0 heterocycles. The molecule has 660 valence electrons. The molecule has 12 heteroatoms. The van der Waals surface area contributed by atoms with Crippen LogP contribution in [0.15, 0.2) is 0 Å². The molecule has 1 unspecified atom stereocenters. The Bertz CT molecular complexity index is 5300. The highest BCUT2D eigenvalue weighted by molar-refractivity contribution is 7.48. The lowest BCUT2D eigenvalue weighted by atomic mass is 9.80. The first-order chi connectivity index (χ1) is 57.2. The minimum atomic E-state index is -1.92. The van der Waals surface area contributed by atoms with Crippen LogP contribution < -0.4 is 36.6 Å². The summed E-state index contributed by atoms with van der Waals surface area (Å²) in [6.45, 7) is 104. The molecule has 1 atom stereocenters. The van der Waals surface area contributed by atoms with E-state index in [1.165, 1.54) is 172 Å². The smallest absolute Gasteiger partial charge is 0.295 e. The summed E-state index contributed by atoms with van der Waals surface area (Å²) < 4.78 is 64.0. The van der Waals surface area contributed by atoms with Crippen molar-refractivity contribution in [2.75, 3.05) is 0 Å². The Morgan fingerprint density at radius 2 is 0.276 bits per heavy atom. The molecule has 0 bridgehead atoms. The van der Waals surface area contributed by atoms with Gasteiger partial charge in [-0.25, -0.2) is 0 Å². The van der Waals surface area contributed by atoms with Gasteiger partial charge < -0.3 is 36.6 Å². The molecule has 0 aliphatic rings. The zero-order valence-electron chi connectivity index (χ0n) is 84.5. The van der Waals surface area contributed by atoms with Crippen molar-refractivity contribution in [3.63, 3.8) is 0 Å². The van der Waals surface area contributed by atoms with Crippen LogP contribution in [-0.4, -0.2) is 6.03 Å². The van der Waals surface area contributed by atoms with Crippen LogP contribution in [0.4, 0.5) is 0 Å². The molecule has 0 saturated carbocycles. The molecule has 10 rings (SSSR count). The second-order valence-electron chi connectivity index (χ2n) is 37.0. The monoisotopic (exact) mass is 1730 g/mol. The first-order valence-corrected chi connectivity index (χ1v) is 49.8. The molecule has 0 radical (unpaired) electrons. The maximum absolute atomic E-state index is 8.06. The van der Waals surface area contributed by atoms with Gasteiger partial charge >= 0.3 is 0 Å². The third-order valence-corrected chi connectivity index (χ3v) is 37.1. The Labute approximate surface area is 749 Å². The fourth-order valence-corrected chi connectivity index (χ4v) is 25.2. The fourth-order valence-electron chi connectivity index (χ4n) is 18.7. The lowest BCUT2D eigenvalue weighted by Crippen LogP contribution is -2.22. The number of hydrogen-bond acceptors (Lipinski definition) is 8. The molecule has 0 amide bonds. The normalized spacial score (nSPS) is 11.9. The van der Waals surface area contributed by atoms with E-state index >= 15 is 0 Å². The maximum Gasteiger partial charge on any atom is 0.295 e. The molecule has 0 aromatic heterocycles. The minimum absolute atomic E-state index is 0.0655. The lowest BCUT2D eigenvalue weighted by molar-refractivity contribution is 0.0781. The third-order valence-electron chi connectivity index (χ3n) is 31.9. The Hall–Kier alpha value is -7.68. The van der Waals surface area contributed by atoms with Crippen molar-refractivity contribution >= 4 is 33.7 Å². The summed E-state index contributed by atoms with van der Waals surface area (Å²) in [6, 6.07) is -0.729. The predicted octanol–water partition coefficient (Wildman–Crippen LogP) is 33.1. The highest BCUT2D eigenvalue weighted by Crippen LogP contribution is 2.60. The van der Waals surface area contributed by atoms with Gasteiger partial charge in [-0.3, -0.25) is 0 Å². The van der Waals surface area contributed by atoms with Crippen LogP contribution >= 0.6 is 33.7 Å².